The van der Waals surface area contributed by atoms with Gasteiger partial charge in [0, 0.05) is 16.2 Å². The van der Waals surface area contributed by atoms with Gasteiger partial charge in [-0.05, 0) is 55.8 Å². The predicted molar refractivity (Wildman–Crippen MR) is 89.7 cm³/mol. The first-order valence-corrected chi connectivity index (χ1v) is 9.40. The van der Waals surface area contributed by atoms with E-state index in [-0.39, 0.29) is 29.0 Å². The highest BCUT2D eigenvalue weighted by Gasteiger charge is 2.68. The standard InChI is InChI=1S/C20H32O3/c1-17-7-4-14-18(2)8-6-15(22)19(3,12-21)13(18)5-9-20(14,11-10-17)16(17)23/h10-11,13-16,21-23H,4-9,12H2,1-3H3/t13-,14+,15-,16+,17-,18-,19-,20-/m1/s1. The molecule has 4 aliphatic carbocycles. The average Bonchev–Trinajstić information content (AvgIpc) is 2.69. The summed E-state index contributed by atoms with van der Waals surface area (Å²) in [7, 11) is 0. The summed E-state index contributed by atoms with van der Waals surface area (Å²) >= 11 is 0. The second-order valence-corrected chi connectivity index (χ2v) is 9.76. The van der Waals surface area contributed by atoms with Gasteiger partial charge in [0.1, 0.15) is 0 Å². The molecule has 3 fully saturated rings. The highest BCUT2D eigenvalue weighted by Crippen LogP contribution is 2.71. The summed E-state index contributed by atoms with van der Waals surface area (Å²) in [5, 5.41) is 31.8. The van der Waals surface area contributed by atoms with Crippen LogP contribution in [0, 0.1) is 33.5 Å². The normalized spacial score (nSPS) is 61.1. The summed E-state index contributed by atoms with van der Waals surface area (Å²) < 4.78 is 0. The molecule has 4 rings (SSSR count). The largest absolute Gasteiger partial charge is 0.396 e. The lowest BCUT2D eigenvalue weighted by Crippen LogP contribution is -2.64. The van der Waals surface area contributed by atoms with E-state index in [4.69, 9.17) is 0 Å². The summed E-state index contributed by atoms with van der Waals surface area (Å²) in [6, 6.07) is 0. The van der Waals surface area contributed by atoms with Gasteiger partial charge >= 0.3 is 0 Å². The fourth-order valence-electron chi connectivity index (χ4n) is 7.35. The summed E-state index contributed by atoms with van der Waals surface area (Å²) in [6.07, 6.45) is 9.94. The molecule has 0 aromatic rings. The molecule has 3 nitrogen and oxygen atoms in total. The van der Waals surface area contributed by atoms with Crippen LogP contribution < -0.4 is 0 Å². The smallest absolute Gasteiger partial charge is 0.0721 e. The number of rotatable bonds is 1. The molecule has 23 heavy (non-hydrogen) atoms. The summed E-state index contributed by atoms with van der Waals surface area (Å²) in [6.45, 7) is 6.72. The van der Waals surface area contributed by atoms with Crippen molar-refractivity contribution in [3.8, 4) is 0 Å². The fraction of sp³-hybridized carbons (Fsp3) is 0.900. The summed E-state index contributed by atoms with van der Waals surface area (Å²) in [4.78, 5) is 0. The van der Waals surface area contributed by atoms with Gasteiger partial charge in [-0.3, -0.25) is 0 Å². The molecule has 2 bridgehead atoms. The van der Waals surface area contributed by atoms with Crippen LogP contribution in [0.25, 0.3) is 0 Å². The van der Waals surface area contributed by atoms with Crippen molar-refractivity contribution in [1.29, 1.82) is 0 Å². The van der Waals surface area contributed by atoms with Crippen LogP contribution in [0.4, 0.5) is 0 Å². The molecule has 0 unspecified atom stereocenters. The van der Waals surface area contributed by atoms with Gasteiger partial charge in [0.25, 0.3) is 0 Å². The van der Waals surface area contributed by atoms with Gasteiger partial charge < -0.3 is 15.3 Å². The van der Waals surface area contributed by atoms with Crippen LogP contribution in [0.2, 0.25) is 0 Å². The van der Waals surface area contributed by atoms with Gasteiger partial charge in [0.15, 0.2) is 0 Å². The van der Waals surface area contributed by atoms with Crippen molar-refractivity contribution >= 4 is 0 Å². The Morgan fingerprint density at radius 1 is 0.913 bits per heavy atom. The van der Waals surface area contributed by atoms with E-state index in [0.29, 0.717) is 11.8 Å². The highest BCUT2D eigenvalue weighted by atomic mass is 16.3. The maximum atomic E-state index is 11.1. The van der Waals surface area contributed by atoms with E-state index in [1.54, 1.807) is 0 Å². The minimum Gasteiger partial charge on any atom is -0.396 e. The second-order valence-electron chi connectivity index (χ2n) is 9.76. The van der Waals surface area contributed by atoms with Crippen LogP contribution in [0.15, 0.2) is 12.2 Å². The van der Waals surface area contributed by atoms with E-state index in [1.165, 1.54) is 0 Å². The first kappa shape index (κ1) is 16.1. The lowest BCUT2D eigenvalue weighted by molar-refractivity contribution is -0.217. The molecule has 0 aliphatic heterocycles. The molecule has 0 aromatic heterocycles. The molecule has 130 valence electrons. The second kappa shape index (κ2) is 4.62. The SMILES string of the molecule is C[C@@]1(CO)[C@@H]2CC[C@@]34C=C[C@@](C)(CC[C@H]3[C@]2(C)CC[C@H]1O)[C@@H]4O. The van der Waals surface area contributed by atoms with Crippen molar-refractivity contribution in [2.45, 2.75) is 71.5 Å². The van der Waals surface area contributed by atoms with E-state index in [2.05, 4.69) is 32.9 Å². The lowest BCUT2D eigenvalue weighted by Gasteiger charge is -2.66. The zero-order chi connectivity index (χ0) is 16.7. The van der Waals surface area contributed by atoms with Crippen LogP contribution in [-0.2, 0) is 0 Å². The van der Waals surface area contributed by atoms with Crippen molar-refractivity contribution in [2.75, 3.05) is 6.61 Å². The molecule has 3 heteroatoms. The van der Waals surface area contributed by atoms with Gasteiger partial charge in [-0.2, -0.15) is 0 Å². The molecule has 4 aliphatic rings. The first-order chi connectivity index (χ1) is 10.7. The van der Waals surface area contributed by atoms with Gasteiger partial charge in [-0.15, -0.1) is 0 Å². The molecule has 3 N–H and O–H groups in total. The van der Waals surface area contributed by atoms with Crippen LogP contribution in [-0.4, -0.2) is 34.1 Å². The van der Waals surface area contributed by atoms with Crippen LogP contribution >= 0.6 is 0 Å². The number of hydrogen-bond donors (Lipinski definition) is 3. The predicted octanol–water partition coefficient (Wildman–Crippen LogP) is 2.89. The monoisotopic (exact) mass is 320 g/mol. The van der Waals surface area contributed by atoms with E-state index < -0.39 is 11.5 Å². The number of hydrogen-bond acceptors (Lipinski definition) is 3. The molecule has 0 saturated heterocycles. The summed E-state index contributed by atoms with van der Waals surface area (Å²) in [5.74, 6) is 0.805. The molecule has 0 heterocycles. The van der Waals surface area contributed by atoms with Crippen molar-refractivity contribution in [3.05, 3.63) is 12.2 Å². The van der Waals surface area contributed by atoms with Crippen molar-refractivity contribution in [1.82, 2.24) is 0 Å². The van der Waals surface area contributed by atoms with Gasteiger partial charge in [0.05, 0.1) is 18.8 Å². The molecular weight excluding hydrogens is 288 g/mol. The van der Waals surface area contributed by atoms with Crippen molar-refractivity contribution < 1.29 is 15.3 Å². The third kappa shape index (κ3) is 1.72. The highest BCUT2D eigenvalue weighted by molar-refractivity contribution is 5.29. The topological polar surface area (TPSA) is 60.7 Å². The average molecular weight is 320 g/mol. The molecule has 1 spiro atoms. The van der Waals surface area contributed by atoms with E-state index in [1.807, 2.05) is 0 Å². The number of fused-ring (bicyclic) bond motifs is 3. The minimum absolute atomic E-state index is 0.0475. The van der Waals surface area contributed by atoms with Crippen LogP contribution in [0.3, 0.4) is 0 Å². The van der Waals surface area contributed by atoms with E-state index in [9.17, 15) is 15.3 Å². The number of aliphatic hydroxyl groups excluding tert-OH is 3. The van der Waals surface area contributed by atoms with E-state index in [0.717, 1.165) is 38.5 Å². The third-order valence-corrected chi connectivity index (χ3v) is 8.84. The zero-order valence-electron chi connectivity index (χ0n) is 14.8. The Labute approximate surface area is 139 Å². The van der Waals surface area contributed by atoms with Crippen molar-refractivity contribution in [2.24, 2.45) is 33.5 Å². The Bertz CT molecular complexity index is 545. The van der Waals surface area contributed by atoms with Crippen LogP contribution in [0.1, 0.15) is 59.3 Å². The molecule has 0 aromatic carbocycles. The molecule has 3 saturated carbocycles. The lowest BCUT2D eigenvalue weighted by atomic mass is 9.39. The quantitative estimate of drug-likeness (QED) is 0.651. The maximum absolute atomic E-state index is 11.1. The molecule has 8 atom stereocenters. The first-order valence-electron chi connectivity index (χ1n) is 9.40. The van der Waals surface area contributed by atoms with Gasteiger partial charge in [-0.1, -0.05) is 32.9 Å². The Hall–Kier alpha value is -0.380. The van der Waals surface area contributed by atoms with Gasteiger partial charge in [-0.25, -0.2) is 0 Å². The Balaban J connectivity index is 1.77. The molecular formula is C20H32O3. The fourth-order valence-corrected chi connectivity index (χ4v) is 7.35. The van der Waals surface area contributed by atoms with Crippen molar-refractivity contribution in [3.63, 3.8) is 0 Å². The molecule has 0 radical (unpaired) electrons. The van der Waals surface area contributed by atoms with Gasteiger partial charge in [0.2, 0.25) is 0 Å². The van der Waals surface area contributed by atoms with E-state index >= 15 is 0 Å². The maximum Gasteiger partial charge on any atom is 0.0721 e. The summed E-state index contributed by atoms with van der Waals surface area (Å²) in [5.41, 5.74) is -0.417. The van der Waals surface area contributed by atoms with Crippen LogP contribution in [0.5, 0.6) is 0 Å². The number of aliphatic hydroxyl groups is 3. The Morgan fingerprint density at radius 3 is 2.30 bits per heavy atom. The molecule has 0 amide bonds. The zero-order valence-corrected chi connectivity index (χ0v) is 14.8. The minimum atomic E-state index is -0.405. The Kier molecular flexibility index (Phi) is 3.23. The Morgan fingerprint density at radius 2 is 1.61 bits per heavy atom. The third-order valence-electron chi connectivity index (χ3n) is 8.84.